The van der Waals surface area contributed by atoms with Crippen LogP contribution in [0.5, 0.6) is 0 Å². The van der Waals surface area contributed by atoms with Gasteiger partial charge in [0.2, 0.25) is 11.8 Å². The third-order valence-corrected chi connectivity index (χ3v) is 8.70. The van der Waals surface area contributed by atoms with Crippen molar-refractivity contribution >= 4 is 39.1 Å². The average Bonchev–Trinajstić information content (AvgIpc) is 2.93. The number of carbonyl (C=O) groups excluding carboxylic acids is 2. The van der Waals surface area contributed by atoms with Crippen LogP contribution in [0, 0.1) is 12.7 Å². The smallest absolute Gasteiger partial charge is 0.264 e. The van der Waals surface area contributed by atoms with Crippen molar-refractivity contribution in [2.45, 2.75) is 64.1 Å². The van der Waals surface area contributed by atoms with E-state index in [0.717, 1.165) is 27.6 Å². The number of halogens is 2. The SMILES string of the molecule is CC[C@@H](C)NC(=O)[C@@H](CC)N(Cc1ccc(Cl)cc1)C(=O)CN(c1ccc(F)cc1)S(=O)(=O)c1ccc(C)cc1. The van der Waals surface area contributed by atoms with Crippen molar-refractivity contribution in [3.63, 3.8) is 0 Å². The Balaban J connectivity index is 2.04. The summed E-state index contributed by atoms with van der Waals surface area (Å²) in [5, 5.41) is 3.46. The molecule has 0 bridgehead atoms. The Labute approximate surface area is 241 Å². The van der Waals surface area contributed by atoms with Gasteiger partial charge in [-0.05, 0) is 80.8 Å². The van der Waals surface area contributed by atoms with Crippen LogP contribution in [0.1, 0.15) is 44.7 Å². The van der Waals surface area contributed by atoms with Gasteiger partial charge in [-0.1, -0.05) is 55.3 Å². The molecule has 0 aromatic heterocycles. The van der Waals surface area contributed by atoms with Crippen LogP contribution in [-0.2, 0) is 26.2 Å². The summed E-state index contributed by atoms with van der Waals surface area (Å²) in [4.78, 5) is 28.7. The lowest BCUT2D eigenvalue weighted by atomic mass is 10.1. The molecule has 7 nitrogen and oxygen atoms in total. The standard InChI is InChI=1S/C30H35ClFN3O4S/c1-5-22(4)33-30(37)28(6-2)34(19-23-9-11-24(31)12-10-23)29(36)20-35(26-15-13-25(32)14-16-26)40(38,39)27-17-7-21(3)8-18-27/h7-18,22,28H,5-6,19-20H2,1-4H3,(H,33,37)/t22-,28-/m1/s1. The number of nitrogens with one attached hydrogen (secondary N) is 1. The molecule has 0 aliphatic rings. The summed E-state index contributed by atoms with van der Waals surface area (Å²) in [6, 6.07) is 17.1. The molecule has 0 radical (unpaired) electrons. The fraction of sp³-hybridized carbons (Fsp3) is 0.333. The van der Waals surface area contributed by atoms with Crippen LogP contribution in [0.4, 0.5) is 10.1 Å². The summed E-state index contributed by atoms with van der Waals surface area (Å²) in [6.07, 6.45) is 1.02. The molecule has 0 unspecified atom stereocenters. The van der Waals surface area contributed by atoms with Crippen LogP contribution >= 0.6 is 11.6 Å². The summed E-state index contributed by atoms with van der Waals surface area (Å²) in [6.45, 7) is 6.91. The second-order valence-electron chi connectivity index (χ2n) is 9.69. The Hall–Kier alpha value is -3.43. The Morgan fingerprint density at radius 2 is 1.52 bits per heavy atom. The molecule has 2 amide bonds. The van der Waals surface area contributed by atoms with Gasteiger partial charge in [0.1, 0.15) is 18.4 Å². The molecule has 10 heteroatoms. The van der Waals surface area contributed by atoms with Crippen LogP contribution < -0.4 is 9.62 Å². The molecule has 2 atom stereocenters. The molecule has 0 saturated heterocycles. The van der Waals surface area contributed by atoms with Crippen molar-refractivity contribution in [3.05, 3.63) is 94.8 Å². The zero-order chi connectivity index (χ0) is 29.4. The molecular weight excluding hydrogens is 553 g/mol. The van der Waals surface area contributed by atoms with E-state index >= 15 is 0 Å². The van der Waals surface area contributed by atoms with Gasteiger partial charge < -0.3 is 10.2 Å². The molecular formula is C30H35ClFN3O4S. The van der Waals surface area contributed by atoms with Gasteiger partial charge >= 0.3 is 0 Å². The van der Waals surface area contributed by atoms with Gasteiger partial charge in [-0.3, -0.25) is 13.9 Å². The van der Waals surface area contributed by atoms with E-state index in [2.05, 4.69) is 5.32 Å². The lowest BCUT2D eigenvalue weighted by Crippen LogP contribution is -2.53. The Kier molecular flexibility index (Phi) is 10.7. The molecule has 0 fully saturated rings. The minimum atomic E-state index is -4.22. The number of hydrogen-bond acceptors (Lipinski definition) is 4. The molecule has 0 aliphatic heterocycles. The lowest BCUT2D eigenvalue weighted by Gasteiger charge is -2.33. The summed E-state index contributed by atoms with van der Waals surface area (Å²) in [5.74, 6) is -1.45. The highest BCUT2D eigenvalue weighted by atomic mass is 35.5. The van der Waals surface area contributed by atoms with Gasteiger partial charge in [0.25, 0.3) is 10.0 Å². The molecule has 214 valence electrons. The van der Waals surface area contributed by atoms with Gasteiger partial charge in [-0.2, -0.15) is 0 Å². The van der Waals surface area contributed by atoms with E-state index < -0.39 is 34.3 Å². The van der Waals surface area contributed by atoms with E-state index in [9.17, 15) is 22.4 Å². The number of sulfonamides is 1. The molecule has 3 aromatic carbocycles. The van der Waals surface area contributed by atoms with E-state index in [-0.39, 0.29) is 29.1 Å². The van der Waals surface area contributed by atoms with E-state index in [1.807, 2.05) is 20.8 Å². The first-order chi connectivity index (χ1) is 19.0. The number of aryl methyl sites for hydroxylation is 1. The van der Waals surface area contributed by atoms with E-state index in [4.69, 9.17) is 11.6 Å². The molecule has 3 rings (SSSR count). The highest BCUT2D eigenvalue weighted by Crippen LogP contribution is 2.25. The molecule has 40 heavy (non-hydrogen) atoms. The predicted octanol–water partition coefficient (Wildman–Crippen LogP) is 5.70. The molecule has 1 N–H and O–H groups in total. The Bertz CT molecular complexity index is 1400. The number of nitrogens with zero attached hydrogens (tertiary/aromatic N) is 2. The number of amides is 2. The quantitative estimate of drug-likeness (QED) is 0.294. The zero-order valence-corrected chi connectivity index (χ0v) is 24.7. The van der Waals surface area contributed by atoms with Crippen LogP contribution in [0.3, 0.4) is 0 Å². The first-order valence-electron chi connectivity index (χ1n) is 13.2. The first-order valence-corrected chi connectivity index (χ1v) is 15.0. The number of carbonyl (C=O) groups is 2. The molecule has 0 spiro atoms. The van der Waals surface area contributed by atoms with Gasteiger partial charge in [0.05, 0.1) is 10.6 Å². The van der Waals surface area contributed by atoms with Gasteiger partial charge in [0, 0.05) is 17.6 Å². The number of hydrogen-bond donors (Lipinski definition) is 1. The fourth-order valence-electron chi connectivity index (χ4n) is 4.12. The minimum absolute atomic E-state index is 0.0129. The Morgan fingerprint density at radius 3 is 2.08 bits per heavy atom. The van der Waals surface area contributed by atoms with Gasteiger partial charge in [-0.25, -0.2) is 12.8 Å². The van der Waals surface area contributed by atoms with Crippen LogP contribution in [0.25, 0.3) is 0 Å². The number of anilines is 1. The van der Waals surface area contributed by atoms with Crippen molar-refractivity contribution < 1.29 is 22.4 Å². The summed E-state index contributed by atoms with van der Waals surface area (Å²) in [5.41, 5.74) is 1.72. The largest absolute Gasteiger partial charge is 0.352 e. The van der Waals surface area contributed by atoms with E-state index in [0.29, 0.717) is 17.9 Å². The van der Waals surface area contributed by atoms with Crippen LogP contribution in [0.2, 0.25) is 5.02 Å². The molecule has 0 saturated carbocycles. The third-order valence-electron chi connectivity index (χ3n) is 6.66. The fourth-order valence-corrected chi connectivity index (χ4v) is 5.66. The molecule has 0 heterocycles. The molecule has 0 aliphatic carbocycles. The van der Waals surface area contributed by atoms with Crippen LogP contribution in [-0.4, -0.2) is 43.8 Å². The normalized spacial score (nSPS) is 12.8. The molecule has 3 aromatic rings. The summed E-state index contributed by atoms with van der Waals surface area (Å²) < 4.78 is 42.3. The maximum Gasteiger partial charge on any atom is 0.264 e. The number of rotatable bonds is 12. The van der Waals surface area contributed by atoms with Gasteiger partial charge in [0.15, 0.2) is 0 Å². The highest BCUT2D eigenvalue weighted by molar-refractivity contribution is 7.92. The van der Waals surface area contributed by atoms with Gasteiger partial charge in [-0.15, -0.1) is 0 Å². The maximum atomic E-state index is 14.0. The van der Waals surface area contributed by atoms with Crippen molar-refractivity contribution in [1.29, 1.82) is 0 Å². The summed E-state index contributed by atoms with van der Waals surface area (Å²) in [7, 11) is -4.22. The van der Waals surface area contributed by atoms with Crippen molar-refractivity contribution in [3.8, 4) is 0 Å². The highest BCUT2D eigenvalue weighted by Gasteiger charge is 2.34. The van der Waals surface area contributed by atoms with Crippen molar-refractivity contribution in [2.75, 3.05) is 10.8 Å². The Morgan fingerprint density at radius 1 is 0.925 bits per heavy atom. The first kappa shape index (κ1) is 31.1. The van der Waals surface area contributed by atoms with Crippen LogP contribution in [0.15, 0.2) is 77.7 Å². The average molecular weight is 588 g/mol. The van der Waals surface area contributed by atoms with E-state index in [1.165, 1.54) is 29.2 Å². The maximum absolute atomic E-state index is 14.0. The lowest BCUT2D eigenvalue weighted by molar-refractivity contribution is -0.140. The summed E-state index contributed by atoms with van der Waals surface area (Å²) >= 11 is 6.05. The predicted molar refractivity (Wildman–Crippen MR) is 156 cm³/mol. The second kappa shape index (κ2) is 13.8. The topological polar surface area (TPSA) is 86.8 Å². The van der Waals surface area contributed by atoms with Crippen molar-refractivity contribution in [2.24, 2.45) is 0 Å². The third kappa shape index (κ3) is 7.82. The van der Waals surface area contributed by atoms with E-state index in [1.54, 1.807) is 43.3 Å². The minimum Gasteiger partial charge on any atom is -0.352 e. The van der Waals surface area contributed by atoms with Crippen molar-refractivity contribution in [1.82, 2.24) is 10.2 Å². The zero-order valence-electron chi connectivity index (χ0n) is 23.1. The number of benzene rings is 3. The monoisotopic (exact) mass is 587 g/mol. The second-order valence-corrected chi connectivity index (χ2v) is 12.0.